The number of hydrogen-bond acceptors (Lipinski definition) is 1. The molecule has 0 unspecified atom stereocenters. The molecular weight excluding hydrogens is 296 g/mol. The van der Waals surface area contributed by atoms with Crippen molar-refractivity contribution in [2.24, 2.45) is 0 Å². The molecule has 1 N–H and O–H groups in total. The van der Waals surface area contributed by atoms with Gasteiger partial charge in [-0.1, -0.05) is 11.6 Å². The lowest BCUT2D eigenvalue weighted by Gasteiger charge is -2.21. The summed E-state index contributed by atoms with van der Waals surface area (Å²) in [7, 11) is 0. The SMILES string of the molecule is CC(C)(O)c1c(F)c(F)c(Cl)c(F)c1Br. The smallest absolute Gasteiger partial charge is 0.180 e. The summed E-state index contributed by atoms with van der Waals surface area (Å²) in [5, 5.41) is 8.61. The minimum atomic E-state index is -1.71. The van der Waals surface area contributed by atoms with Gasteiger partial charge in [0, 0.05) is 5.56 Å². The molecule has 0 bridgehead atoms. The standard InChI is InChI=1S/C9H7BrClF3O/c1-9(2,15)3-4(10)7(13)5(11)8(14)6(3)12/h15H,1-2H3. The van der Waals surface area contributed by atoms with Crippen molar-refractivity contribution in [3.63, 3.8) is 0 Å². The third-order valence-corrected chi connectivity index (χ3v) is 2.90. The summed E-state index contributed by atoms with van der Waals surface area (Å²) in [6.07, 6.45) is 0. The maximum atomic E-state index is 13.4. The molecule has 0 saturated carbocycles. The summed E-state index contributed by atoms with van der Waals surface area (Å²) in [5.74, 6) is -4.00. The molecule has 0 spiro atoms. The first-order valence-electron chi connectivity index (χ1n) is 3.92. The van der Waals surface area contributed by atoms with E-state index in [1.165, 1.54) is 13.8 Å². The molecule has 0 saturated heterocycles. The normalized spacial score (nSPS) is 12.0. The van der Waals surface area contributed by atoms with E-state index in [2.05, 4.69) is 15.9 Å². The molecule has 1 rings (SSSR count). The Morgan fingerprint density at radius 2 is 1.60 bits per heavy atom. The Kier molecular flexibility index (Phi) is 3.38. The number of aliphatic hydroxyl groups is 1. The largest absolute Gasteiger partial charge is 0.386 e. The van der Waals surface area contributed by atoms with Crippen molar-refractivity contribution in [1.29, 1.82) is 0 Å². The Balaban J connectivity index is 3.68. The lowest BCUT2D eigenvalue weighted by molar-refractivity contribution is 0.0723. The Morgan fingerprint density at radius 3 is 2.00 bits per heavy atom. The van der Waals surface area contributed by atoms with E-state index >= 15 is 0 Å². The minimum Gasteiger partial charge on any atom is -0.386 e. The van der Waals surface area contributed by atoms with E-state index in [0.717, 1.165) is 0 Å². The molecule has 15 heavy (non-hydrogen) atoms. The van der Waals surface area contributed by atoms with Gasteiger partial charge in [-0.2, -0.15) is 0 Å². The Morgan fingerprint density at radius 1 is 1.13 bits per heavy atom. The van der Waals surface area contributed by atoms with E-state index in [1.807, 2.05) is 0 Å². The van der Waals surface area contributed by atoms with E-state index in [0.29, 0.717) is 0 Å². The second-order valence-electron chi connectivity index (χ2n) is 3.50. The van der Waals surface area contributed by atoms with Gasteiger partial charge in [0.1, 0.15) is 5.02 Å². The van der Waals surface area contributed by atoms with Crippen molar-refractivity contribution in [3.8, 4) is 0 Å². The van der Waals surface area contributed by atoms with Crippen LogP contribution in [0.1, 0.15) is 19.4 Å². The third-order valence-electron chi connectivity index (χ3n) is 1.82. The second-order valence-corrected chi connectivity index (χ2v) is 4.67. The third kappa shape index (κ3) is 2.14. The van der Waals surface area contributed by atoms with Crippen molar-refractivity contribution in [1.82, 2.24) is 0 Å². The molecule has 1 aromatic rings. The molecule has 0 radical (unpaired) electrons. The molecule has 0 aliphatic rings. The highest BCUT2D eigenvalue weighted by Gasteiger charge is 2.31. The van der Waals surface area contributed by atoms with Crippen LogP contribution in [0.3, 0.4) is 0 Å². The van der Waals surface area contributed by atoms with Crippen LogP contribution in [0.25, 0.3) is 0 Å². The Labute approximate surface area is 98.0 Å². The van der Waals surface area contributed by atoms with Crippen molar-refractivity contribution in [2.45, 2.75) is 19.4 Å². The van der Waals surface area contributed by atoms with Crippen LogP contribution in [0.15, 0.2) is 4.47 Å². The molecule has 1 aromatic carbocycles. The van der Waals surface area contributed by atoms with E-state index in [-0.39, 0.29) is 4.47 Å². The van der Waals surface area contributed by atoms with Gasteiger partial charge in [0.05, 0.1) is 10.1 Å². The van der Waals surface area contributed by atoms with E-state index in [1.54, 1.807) is 0 Å². The van der Waals surface area contributed by atoms with Crippen LogP contribution >= 0.6 is 27.5 Å². The van der Waals surface area contributed by atoms with Crippen molar-refractivity contribution >= 4 is 27.5 Å². The second kappa shape index (κ2) is 3.96. The van der Waals surface area contributed by atoms with Crippen LogP contribution in [0.4, 0.5) is 13.2 Å². The minimum absolute atomic E-state index is 0.376. The van der Waals surface area contributed by atoms with Gasteiger partial charge in [-0.25, -0.2) is 13.2 Å². The summed E-state index contributed by atoms with van der Waals surface area (Å²) in [6.45, 7) is 2.42. The molecule has 0 aromatic heterocycles. The van der Waals surface area contributed by atoms with Gasteiger partial charge >= 0.3 is 0 Å². The van der Waals surface area contributed by atoms with Crippen molar-refractivity contribution in [3.05, 3.63) is 32.5 Å². The van der Waals surface area contributed by atoms with E-state index < -0.39 is 33.6 Å². The lowest BCUT2D eigenvalue weighted by Crippen LogP contribution is -2.20. The zero-order valence-electron chi connectivity index (χ0n) is 7.84. The van der Waals surface area contributed by atoms with Crippen molar-refractivity contribution < 1.29 is 18.3 Å². The Bertz CT molecular complexity index is 386. The van der Waals surface area contributed by atoms with Gasteiger partial charge in [-0.15, -0.1) is 0 Å². The summed E-state index contributed by atoms with van der Waals surface area (Å²) in [5.41, 5.74) is -2.21. The quantitative estimate of drug-likeness (QED) is 0.619. The molecule has 84 valence electrons. The fourth-order valence-electron chi connectivity index (χ4n) is 1.14. The molecule has 0 amide bonds. The lowest BCUT2D eigenvalue weighted by atomic mass is 9.97. The highest BCUT2D eigenvalue weighted by atomic mass is 79.9. The first kappa shape index (κ1) is 12.8. The van der Waals surface area contributed by atoms with Crippen LogP contribution in [0.2, 0.25) is 5.02 Å². The summed E-state index contributed by atoms with van der Waals surface area (Å²) in [4.78, 5) is 0. The first-order valence-corrected chi connectivity index (χ1v) is 5.09. The summed E-state index contributed by atoms with van der Waals surface area (Å²) in [6, 6.07) is 0. The molecule has 0 atom stereocenters. The van der Waals surface area contributed by atoms with E-state index in [4.69, 9.17) is 11.6 Å². The Hall–Kier alpha value is -0.260. The average Bonchev–Trinajstić information content (AvgIpc) is 2.09. The van der Waals surface area contributed by atoms with Gasteiger partial charge in [-0.3, -0.25) is 0 Å². The average molecular weight is 304 g/mol. The van der Waals surface area contributed by atoms with Crippen LogP contribution in [-0.4, -0.2) is 5.11 Å². The monoisotopic (exact) mass is 302 g/mol. The van der Waals surface area contributed by atoms with Crippen LogP contribution in [0, 0.1) is 17.5 Å². The summed E-state index contributed by atoms with van der Waals surface area (Å²) >= 11 is 7.93. The van der Waals surface area contributed by atoms with E-state index in [9.17, 15) is 18.3 Å². The molecule has 6 heteroatoms. The topological polar surface area (TPSA) is 20.2 Å². The fourth-order valence-corrected chi connectivity index (χ4v) is 2.29. The fraction of sp³-hybridized carbons (Fsp3) is 0.333. The molecule has 0 aliphatic heterocycles. The van der Waals surface area contributed by atoms with Crippen molar-refractivity contribution in [2.75, 3.05) is 0 Å². The van der Waals surface area contributed by atoms with Crippen LogP contribution in [-0.2, 0) is 5.60 Å². The number of rotatable bonds is 1. The molecular formula is C9H7BrClF3O. The zero-order valence-corrected chi connectivity index (χ0v) is 10.2. The first-order chi connectivity index (χ1) is 6.68. The number of hydrogen-bond donors (Lipinski definition) is 1. The number of benzene rings is 1. The molecule has 0 aliphatic carbocycles. The van der Waals surface area contributed by atoms with Crippen LogP contribution in [0.5, 0.6) is 0 Å². The van der Waals surface area contributed by atoms with Crippen LogP contribution < -0.4 is 0 Å². The van der Waals surface area contributed by atoms with Gasteiger partial charge in [0.2, 0.25) is 0 Å². The predicted molar refractivity (Wildman–Crippen MR) is 54.3 cm³/mol. The number of halogens is 5. The maximum absolute atomic E-state index is 13.4. The summed E-state index contributed by atoms with van der Waals surface area (Å²) < 4.78 is 39.4. The van der Waals surface area contributed by atoms with Gasteiger partial charge in [0.15, 0.2) is 17.5 Å². The molecule has 1 nitrogen and oxygen atoms in total. The maximum Gasteiger partial charge on any atom is 0.180 e. The molecule has 0 fully saturated rings. The highest BCUT2D eigenvalue weighted by Crippen LogP contribution is 2.37. The highest BCUT2D eigenvalue weighted by molar-refractivity contribution is 9.10. The van der Waals surface area contributed by atoms with Gasteiger partial charge in [0.25, 0.3) is 0 Å². The predicted octanol–water partition coefficient (Wildman–Crippen LogP) is 3.75. The molecule has 0 heterocycles. The van der Waals surface area contributed by atoms with Gasteiger partial charge < -0.3 is 5.11 Å². The zero-order chi connectivity index (χ0) is 12.0. The van der Waals surface area contributed by atoms with Gasteiger partial charge in [-0.05, 0) is 29.8 Å².